The predicted molar refractivity (Wildman–Crippen MR) is 71.6 cm³/mol. The van der Waals surface area contributed by atoms with Crippen molar-refractivity contribution in [2.24, 2.45) is 0 Å². The van der Waals surface area contributed by atoms with Gasteiger partial charge in [-0.1, -0.05) is 19.1 Å². The zero-order valence-corrected chi connectivity index (χ0v) is 11.4. The number of benzene rings is 1. The number of likely N-dealkylation sites (N-methyl/N-ethyl adjacent to an activating group) is 1. The van der Waals surface area contributed by atoms with E-state index in [9.17, 15) is 14.4 Å². The average Bonchev–Trinajstić information content (AvgIpc) is 2.43. The smallest absolute Gasteiger partial charge is 0.342 e. The van der Waals surface area contributed by atoms with Gasteiger partial charge in [0.15, 0.2) is 12.4 Å². The maximum absolute atomic E-state index is 12.0. The van der Waals surface area contributed by atoms with Gasteiger partial charge in [0, 0.05) is 13.5 Å². The summed E-state index contributed by atoms with van der Waals surface area (Å²) in [4.78, 5) is 33.8. The minimum Gasteiger partial charge on any atom is -0.450 e. The highest BCUT2D eigenvalue weighted by molar-refractivity contribution is 5.94. The average molecular weight is 279 g/mol. The van der Waals surface area contributed by atoms with Gasteiger partial charge >= 0.3 is 11.9 Å². The molecule has 0 aliphatic carbocycles. The van der Waals surface area contributed by atoms with Crippen molar-refractivity contribution < 1.29 is 23.9 Å². The van der Waals surface area contributed by atoms with Gasteiger partial charge in [0.25, 0.3) is 0 Å². The first kappa shape index (κ1) is 15.8. The van der Waals surface area contributed by atoms with Crippen LogP contribution in [0.2, 0.25) is 0 Å². The van der Waals surface area contributed by atoms with Crippen molar-refractivity contribution in [3.8, 4) is 5.75 Å². The van der Waals surface area contributed by atoms with Gasteiger partial charge in [-0.15, -0.1) is 0 Å². The molecule has 0 spiro atoms. The number of ether oxygens (including phenoxy) is 2. The van der Waals surface area contributed by atoms with E-state index in [-0.39, 0.29) is 17.9 Å². The summed E-state index contributed by atoms with van der Waals surface area (Å²) in [6.45, 7) is 4.01. The Kier molecular flexibility index (Phi) is 6.39. The standard InChI is InChI=1S/C14H17NO5/c1-3-15-8-11(9-16)20-14(18)12-6-4-5-7-13(12)19-10(2)17/h4-7,9,11,15H,3,8H2,1-2H3. The molecule has 1 N–H and O–H groups in total. The number of hydrogen-bond acceptors (Lipinski definition) is 6. The van der Waals surface area contributed by atoms with Crippen molar-refractivity contribution >= 4 is 18.2 Å². The molecule has 0 fully saturated rings. The van der Waals surface area contributed by atoms with Gasteiger partial charge in [-0.3, -0.25) is 9.59 Å². The molecular formula is C14H17NO5. The molecular weight excluding hydrogens is 262 g/mol. The summed E-state index contributed by atoms with van der Waals surface area (Å²) < 4.78 is 9.97. The van der Waals surface area contributed by atoms with Crippen LogP contribution in [0.3, 0.4) is 0 Å². The lowest BCUT2D eigenvalue weighted by atomic mass is 10.2. The Bertz CT molecular complexity index is 486. The van der Waals surface area contributed by atoms with Crippen LogP contribution in [0.15, 0.2) is 24.3 Å². The zero-order chi connectivity index (χ0) is 15.0. The van der Waals surface area contributed by atoms with Gasteiger partial charge < -0.3 is 14.8 Å². The summed E-state index contributed by atoms with van der Waals surface area (Å²) in [5.41, 5.74) is 0.103. The van der Waals surface area contributed by atoms with Gasteiger partial charge in [-0.05, 0) is 18.7 Å². The predicted octanol–water partition coefficient (Wildman–Crippen LogP) is 0.946. The monoisotopic (exact) mass is 279 g/mol. The molecule has 0 bridgehead atoms. The number of hydrogen-bond donors (Lipinski definition) is 1. The van der Waals surface area contributed by atoms with Gasteiger partial charge in [0.05, 0.1) is 0 Å². The van der Waals surface area contributed by atoms with E-state index in [0.29, 0.717) is 12.8 Å². The molecule has 1 atom stereocenters. The number of carbonyl (C=O) groups is 3. The minimum atomic E-state index is -0.882. The van der Waals surface area contributed by atoms with E-state index in [1.165, 1.54) is 19.1 Å². The summed E-state index contributed by atoms with van der Waals surface area (Å²) in [5, 5.41) is 2.91. The van der Waals surface area contributed by atoms with Crippen LogP contribution in [-0.4, -0.2) is 37.4 Å². The maximum Gasteiger partial charge on any atom is 0.342 e. The Hall–Kier alpha value is -2.21. The van der Waals surface area contributed by atoms with E-state index in [2.05, 4.69) is 5.32 Å². The van der Waals surface area contributed by atoms with E-state index in [1.807, 2.05) is 6.92 Å². The Morgan fingerprint density at radius 2 is 2.05 bits per heavy atom. The molecule has 0 radical (unpaired) electrons. The van der Waals surface area contributed by atoms with Gasteiger partial charge in [0.1, 0.15) is 11.3 Å². The first-order valence-electron chi connectivity index (χ1n) is 6.23. The third-order valence-electron chi connectivity index (χ3n) is 2.37. The van der Waals surface area contributed by atoms with Gasteiger partial charge in [-0.25, -0.2) is 4.79 Å². The summed E-state index contributed by atoms with van der Waals surface area (Å²) in [5.74, 6) is -1.14. The maximum atomic E-state index is 12.0. The largest absolute Gasteiger partial charge is 0.450 e. The molecule has 0 amide bonds. The molecule has 108 valence electrons. The molecule has 0 saturated carbocycles. The van der Waals surface area contributed by atoms with Crippen molar-refractivity contribution in [1.29, 1.82) is 0 Å². The Labute approximate surface area is 117 Å². The summed E-state index contributed by atoms with van der Waals surface area (Å²) in [6.07, 6.45) is -0.331. The molecule has 6 heteroatoms. The van der Waals surface area contributed by atoms with E-state index in [0.717, 1.165) is 0 Å². The van der Waals surface area contributed by atoms with Crippen LogP contribution in [0.25, 0.3) is 0 Å². The van der Waals surface area contributed by atoms with Crippen LogP contribution >= 0.6 is 0 Å². The minimum absolute atomic E-state index is 0.103. The topological polar surface area (TPSA) is 81.7 Å². The van der Waals surface area contributed by atoms with Crippen LogP contribution in [-0.2, 0) is 14.3 Å². The number of rotatable bonds is 7. The molecule has 20 heavy (non-hydrogen) atoms. The molecule has 1 aromatic carbocycles. The fourth-order valence-electron chi connectivity index (χ4n) is 1.48. The van der Waals surface area contributed by atoms with Crippen molar-refractivity contribution in [3.05, 3.63) is 29.8 Å². The first-order chi connectivity index (χ1) is 9.58. The highest BCUT2D eigenvalue weighted by atomic mass is 16.6. The quantitative estimate of drug-likeness (QED) is 0.454. The van der Waals surface area contributed by atoms with E-state index < -0.39 is 18.0 Å². The van der Waals surface area contributed by atoms with Gasteiger partial charge in [-0.2, -0.15) is 0 Å². The normalized spacial score (nSPS) is 11.5. The zero-order valence-electron chi connectivity index (χ0n) is 11.4. The number of aldehydes is 1. The number of carbonyl (C=O) groups excluding carboxylic acids is 3. The molecule has 1 unspecified atom stereocenters. The second-order valence-electron chi connectivity index (χ2n) is 3.98. The summed E-state index contributed by atoms with van der Waals surface area (Å²) in [7, 11) is 0. The lowest BCUT2D eigenvalue weighted by Gasteiger charge is -2.13. The van der Waals surface area contributed by atoms with Crippen LogP contribution in [0.1, 0.15) is 24.2 Å². The molecule has 1 aromatic rings. The summed E-state index contributed by atoms with van der Waals surface area (Å²) >= 11 is 0. The second-order valence-corrected chi connectivity index (χ2v) is 3.98. The Morgan fingerprint density at radius 3 is 2.65 bits per heavy atom. The molecule has 0 aliphatic rings. The molecule has 1 rings (SSSR count). The fraction of sp³-hybridized carbons (Fsp3) is 0.357. The van der Waals surface area contributed by atoms with Crippen molar-refractivity contribution in [3.63, 3.8) is 0 Å². The summed E-state index contributed by atoms with van der Waals surface area (Å²) in [6, 6.07) is 6.20. The molecule has 0 aromatic heterocycles. The third kappa shape index (κ3) is 4.81. The fourth-order valence-corrected chi connectivity index (χ4v) is 1.48. The van der Waals surface area contributed by atoms with Gasteiger partial charge in [0.2, 0.25) is 0 Å². The van der Waals surface area contributed by atoms with Crippen LogP contribution in [0.4, 0.5) is 0 Å². The second kappa shape index (κ2) is 8.06. The van der Waals surface area contributed by atoms with Crippen LogP contribution in [0, 0.1) is 0 Å². The van der Waals surface area contributed by atoms with Crippen molar-refractivity contribution in [2.45, 2.75) is 20.0 Å². The molecule has 6 nitrogen and oxygen atoms in total. The third-order valence-corrected chi connectivity index (χ3v) is 2.37. The number of para-hydroxylation sites is 1. The lowest BCUT2D eigenvalue weighted by Crippen LogP contribution is -2.32. The van der Waals surface area contributed by atoms with Crippen LogP contribution in [0.5, 0.6) is 5.75 Å². The SMILES string of the molecule is CCNCC(C=O)OC(=O)c1ccccc1OC(C)=O. The van der Waals surface area contributed by atoms with E-state index in [4.69, 9.17) is 9.47 Å². The Balaban J connectivity index is 2.80. The van der Waals surface area contributed by atoms with Crippen LogP contribution < -0.4 is 10.1 Å². The highest BCUT2D eigenvalue weighted by Gasteiger charge is 2.19. The van der Waals surface area contributed by atoms with Crippen molar-refractivity contribution in [1.82, 2.24) is 5.32 Å². The van der Waals surface area contributed by atoms with Crippen molar-refractivity contribution in [2.75, 3.05) is 13.1 Å². The van der Waals surface area contributed by atoms with E-state index in [1.54, 1.807) is 12.1 Å². The molecule has 0 saturated heterocycles. The number of nitrogens with one attached hydrogen (secondary N) is 1. The lowest BCUT2D eigenvalue weighted by molar-refractivity contribution is -0.131. The molecule has 0 heterocycles. The number of esters is 2. The van der Waals surface area contributed by atoms with E-state index >= 15 is 0 Å². The first-order valence-corrected chi connectivity index (χ1v) is 6.23. The Morgan fingerprint density at radius 1 is 1.35 bits per heavy atom. The highest BCUT2D eigenvalue weighted by Crippen LogP contribution is 2.19. The molecule has 0 aliphatic heterocycles.